The minimum absolute atomic E-state index is 0.577. The van der Waals surface area contributed by atoms with Crippen LogP contribution in [-0.4, -0.2) is 37.2 Å². The third-order valence-corrected chi connectivity index (χ3v) is 2.58. The maximum atomic E-state index is 8.81. The molecule has 0 bridgehead atoms. The molecule has 0 spiro atoms. The lowest BCUT2D eigenvalue weighted by Crippen LogP contribution is -2.28. The first-order valence-corrected chi connectivity index (χ1v) is 5.66. The van der Waals surface area contributed by atoms with Gasteiger partial charge in [0.05, 0.1) is 6.61 Å². The highest BCUT2D eigenvalue weighted by molar-refractivity contribution is 8.76. The molecule has 0 heterocycles. The van der Waals surface area contributed by atoms with E-state index < -0.39 is 6.41 Å². The molecule has 0 radical (unpaired) electrons. The molecule has 0 amide bonds. The fourth-order valence-electron chi connectivity index (χ4n) is 0.360. The number of hydrogen-bond acceptors (Lipinski definition) is 5. The van der Waals surface area contributed by atoms with Crippen LogP contribution in [0.5, 0.6) is 0 Å². The molecule has 0 fully saturated rings. The zero-order chi connectivity index (χ0) is 7.82. The Bertz CT molecular complexity index is 74.7. The van der Waals surface area contributed by atoms with E-state index in [0.717, 1.165) is 5.75 Å². The third kappa shape index (κ3) is 6.70. The molecule has 0 aliphatic heterocycles. The first kappa shape index (κ1) is 10.6. The lowest BCUT2D eigenvalue weighted by atomic mass is 10.8. The molecule has 0 aromatic heterocycles. The highest BCUT2D eigenvalue weighted by Gasteiger charge is 1.96. The fraction of sp³-hybridized carbons (Fsp3) is 1.00. The number of aliphatic hydroxyl groups is 1. The Hall–Kier alpha value is 0.580. The van der Waals surface area contributed by atoms with E-state index in [1.807, 2.05) is 6.26 Å². The fourth-order valence-corrected chi connectivity index (χ4v) is 1.40. The summed E-state index contributed by atoms with van der Waals surface area (Å²) >= 11 is 0. The number of aliphatic hydroxyl groups excluding tert-OH is 1. The standard InChI is InChI=1S/C5H13NO2S2/c1-6-5(7)8-3-4-10-9-2/h5-7H,3-4H2,1-2H3. The lowest BCUT2D eigenvalue weighted by Gasteiger charge is -2.08. The highest BCUT2D eigenvalue weighted by atomic mass is 33.1. The van der Waals surface area contributed by atoms with E-state index in [1.54, 1.807) is 28.6 Å². The van der Waals surface area contributed by atoms with Crippen molar-refractivity contribution in [2.45, 2.75) is 6.41 Å². The zero-order valence-electron chi connectivity index (χ0n) is 6.16. The molecule has 1 unspecified atom stereocenters. The average molecular weight is 183 g/mol. The van der Waals surface area contributed by atoms with Crippen molar-refractivity contribution in [3.63, 3.8) is 0 Å². The Kier molecular flexibility index (Phi) is 8.13. The van der Waals surface area contributed by atoms with E-state index in [0.29, 0.717) is 6.61 Å². The highest BCUT2D eigenvalue weighted by Crippen LogP contribution is 2.15. The van der Waals surface area contributed by atoms with Crippen molar-refractivity contribution in [2.75, 3.05) is 25.7 Å². The van der Waals surface area contributed by atoms with Gasteiger partial charge in [0, 0.05) is 5.75 Å². The van der Waals surface area contributed by atoms with Crippen molar-refractivity contribution in [2.24, 2.45) is 0 Å². The van der Waals surface area contributed by atoms with Crippen LogP contribution < -0.4 is 5.32 Å². The molecule has 0 saturated carbocycles. The Labute approximate surface area is 69.3 Å². The summed E-state index contributed by atoms with van der Waals surface area (Å²) in [7, 11) is 5.05. The van der Waals surface area contributed by atoms with Gasteiger partial charge in [-0.25, -0.2) is 0 Å². The quantitative estimate of drug-likeness (QED) is 0.357. The van der Waals surface area contributed by atoms with Crippen LogP contribution in [0.2, 0.25) is 0 Å². The molecular formula is C5H13NO2S2. The molecule has 2 N–H and O–H groups in total. The van der Waals surface area contributed by atoms with Gasteiger partial charge in [0.15, 0.2) is 0 Å². The van der Waals surface area contributed by atoms with Gasteiger partial charge in [0.1, 0.15) is 0 Å². The SMILES string of the molecule is CNC(O)OCCSSC. The molecule has 5 heteroatoms. The van der Waals surface area contributed by atoms with Gasteiger partial charge in [-0.15, -0.1) is 0 Å². The van der Waals surface area contributed by atoms with Gasteiger partial charge in [0.2, 0.25) is 6.41 Å². The van der Waals surface area contributed by atoms with E-state index in [1.165, 1.54) is 0 Å². The Balaban J connectivity index is 2.89. The van der Waals surface area contributed by atoms with Crippen LogP contribution in [0.1, 0.15) is 0 Å². The van der Waals surface area contributed by atoms with Gasteiger partial charge in [0.25, 0.3) is 0 Å². The van der Waals surface area contributed by atoms with E-state index in [4.69, 9.17) is 9.84 Å². The molecular weight excluding hydrogens is 170 g/mol. The summed E-state index contributed by atoms with van der Waals surface area (Å²) in [6, 6.07) is 0. The predicted molar refractivity (Wildman–Crippen MR) is 47.0 cm³/mol. The number of rotatable bonds is 6. The first-order valence-electron chi connectivity index (χ1n) is 2.93. The van der Waals surface area contributed by atoms with Crippen molar-refractivity contribution in [3.8, 4) is 0 Å². The maximum absolute atomic E-state index is 8.81. The Morgan fingerprint density at radius 3 is 2.90 bits per heavy atom. The van der Waals surface area contributed by atoms with Crippen LogP contribution in [0.4, 0.5) is 0 Å². The third-order valence-electron chi connectivity index (χ3n) is 0.807. The van der Waals surface area contributed by atoms with Gasteiger partial charge in [-0.2, -0.15) is 0 Å². The van der Waals surface area contributed by atoms with Gasteiger partial charge >= 0.3 is 0 Å². The van der Waals surface area contributed by atoms with Crippen LogP contribution in [0, 0.1) is 0 Å². The van der Waals surface area contributed by atoms with Crippen molar-refractivity contribution >= 4 is 21.6 Å². The summed E-state index contributed by atoms with van der Waals surface area (Å²) in [6.07, 6.45) is 1.20. The van der Waals surface area contributed by atoms with Crippen LogP contribution in [0.3, 0.4) is 0 Å². The molecule has 1 atom stereocenters. The molecule has 0 aliphatic carbocycles. The smallest absolute Gasteiger partial charge is 0.213 e. The van der Waals surface area contributed by atoms with E-state index in [-0.39, 0.29) is 0 Å². The predicted octanol–water partition coefficient (Wildman–Crippen LogP) is 0.509. The second kappa shape index (κ2) is 7.68. The van der Waals surface area contributed by atoms with Crippen LogP contribution in [0.25, 0.3) is 0 Å². The van der Waals surface area contributed by atoms with E-state index >= 15 is 0 Å². The lowest BCUT2D eigenvalue weighted by molar-refractivity contribution is -0.110. The summed E-state index contributed by atoms with van der Waals surface area (Å²) in [6.45, 7) is 0.577. The van der Waals surface area contributed by atoms with Crippen LogP contribution >= 0.6 is 21.6 Å². The Morgan fingerprint density at radius 1 is 1.70 bits per heavy atom. The molecule has 0 aromatic carbocycles. The maximum Gasteiger partial charge on any atom is 0.213 e. The average Bonchev–Trinajstić information content (AvgIpc) is 1.98. The summed E-state index contributed by atoms with van der Waals surface area (Å²) in [5.41, 5.74) is 0. The van der Waals surface area contributed by atoms with E-state index in [9.17, 15) is 0 Å². The van der Waals surface area contributed by atoms with E-state index in [2.05, 4.69) is 5.32 Å². The molecule has 62 valence electrons. The molecule has 10 heavy (non-hydrogen) atoms. The molecule has 0 aliphatic rings. The minimum Gasteiger partial charge on any atom is -0.356 e. The minimum atomic E-state index is -0.817. The molecule has 3 nitrogen and oxygen atoms in total. The van der Waals surface area contributed by atoms with Crippen molar-refractivity contribution < 1.29 is 9.84 Å². The summed E-state index contributed by atoms with van der Waals surface area (Å²) < 4.78 is 4.90. The molecule has 0 aromatic rings. The van der Waals surface area contributed by atoms with Crippen LogP contribution in [0.15, 0.2) is 0 Å². The normalized spacial score (nSPS) is 13.5. The Morgan fingerprint density at radius 2 is 2.40 bits per heavy atom. The number of hydrogen-bond donors (Lipinski definition) is 2. The van der Waals surface area contributed by atoms with Crippen molar-refractivity contribution in [1.29, 1.82) is 0 Å². The summed E-state index contributed by atoms with van der Waals surface area (Å²) in [5, 5.41) is 11.4. The monoisotopic (exact) mass is 183 g/mol. The van der Waals surface area contributed by atoms with Crippen LogP contribution in [-0.2, 0) is 4.74 Å². The van der Waals surface area contributed by atoms with Gasteiger partial charge in [-0.3, -0.25) is 5.32 Å². The van der Waals surface area contributed by atoms with Gasteiger partial charge in [-0.05, 0) is 13.3 Å². The summed E-state index contributed by atoms with van der Waals surface area (Å²) in [5.74, 6) is 0.903. The topological polar surface area (TPSA) is 41.5 Å². The van der Waals surface area contributed by atoms with Gasteiger partial charge in [-0.1, -0.05) is 21.6 Å². The number of nitrogens with one attached hydrogen (secondary N) is 1. The second-order valence-electron chi connectivity index (χ2n) is 1.50. The number of ether oxygens (including phenoxy) is 1. The first-order chi connectivity index (χ1) is 4.81. The summed E-state index contributed by atoms with van der Waals surface area (Å²) in [4.78, 5) is 0. The van der Waals surface area contributed by atoms with Crippen molar-refractivity contribution in [1.82, 2.24) is 5.32 Å². The second-order valence-corrected chi connectivity index (χ2v) is 4.18. The zero-order valence-corrected chi connectivity index (χ0v) is 7.80. The molecule has 0 saturated heterocycles. The van der Waals surface area contributed by atoms with Crippen molar-refractivity contribution in [3.05, 3.63) is 0 Å². The largest absolute Gasteiger partial charge is 0.356 e. The molecule has 0 rings (SSSR count). The van der Waals surface area contributed by atoms with Gasteiger partial charge < -0.3 is 9.84 Å².